The van der Waals surface area contributed by atoms with Crippen molar-refractivity contribution in [3.05, 3.63) is 82.1 Å². The summed E-state index contributed by atoms with van der Waals surface area (Å²) in [7, 11) is 0. The standard InChI is InChI=1S/C27H22N2O6/c30-19-14-21(16-5-2-1-3-6-16)34-26-24-18(13-23(32)29-9-11-33-12-10-29)17-7-4-8-28-27(17)35-22(24)15-20(31)25(19)26/h1-8,14-15,18,31H,9-13H2/t18-/m0/s1. The van der Waals surface area contributed by atoms with E-state index in [0.29, 0.717) is 49.3 Å². The Labute approximate surface area is 200 Å². The number of pyridine rings is 1. The second-order valence-corrected chi connectivity index (χ2v) is 8.60. The summed E-state index contributed by atoms with van der Waals surface area (Å²) < 4.78 is 17.7. The molecule has 0 aliphatic carbocycles. The zero-order chi connectivity index (χ0) is 23.9. The number of carbonyl (C=O) groups excluding carboxylic acids is 1. The third-order valence-corrected chi connectivity index (χ3v) is 6.51. The van der Waals surface area contributed by atoms with Crippen LogP contribution in [0.5, 0.6) is 17.4 Å². The van der Waals surface area contributed by atoms with Gasteiger partial charge in [-0.15, -0.1) is 0 Å². The van der Waals surface area contributed by atoms with Crippen LogP contribution in [0.15, 0.2) is 70.0 Å². The molecule has 4 aromatic rings. The Morgan fingerprint density at radius 2 is 1.89 bits per heavy atom. The van der Waals surface area contributed by atoms with Crippen molar-refractivity contribution in [1.82, 2.24) is 9.88 Å². The fourth-order valence-electron chi connectivity index (χ4n) is 4.81. The van der Waals surface area contributed by atoms with E-state index in [4.69, 9.17) is 13.9 Å². The lowest BCUT2D eigenvalue weighted by Crippen LogP contribution is -2.41. The Kier molecular flexibility index (Phi) is 5.22. The zero-order valence-electron chi connectivity index (χ0n) is 18.8. The highest BCUT2D eigenvalue weighted by molar-refractivity contribution is 5.91. The fourth-order valence-corrected chi connectivity index (χ4v) is 4.81. The van der Waals surface area contributed by atoms with Crippen LogP contribution in [0.1, 0.15) is 23.5 Å². The van der Waals surface area contributed by atoms with E-state index in [9.17, 15) is 14.7 Å². The van der Waals surface area contributed by atoms with Crippen molar-refractivity contribution < 1.29 is 23.8 Å². The molecule has 2 aliphatic rings. The van der Waals surface area contributed by atoms with Crippen LogP contribution in [0.25, 0.3) is 22.3 Å². The molecule has 2 aliphatic heterocycles. The van der Waals surface area contributed by atoms with Crippen molar-refractivity contribution >= 4 is 16.9 Å². The molecule has 0 saturated carbocycles. The average molecular weight is 470 g/mol. The minimum atomic E-state index is -0.477. The quantitative estimate of drug-likeness (QED) is 0.482. The van der Waals surface area contributed by atoms with Gasteiger partial charge < -0.3 is 23.9 Å². The van der Waals surface area contributed by atoms with Crippen molar-refractivity contribution in [3.8, 4) is 28.7 Å². The van der Waals surface area contributed by atoms with Crippen LogP contribution < -0.4 is 10.2 Å². The summed E-state index contributed by atoms with van der Waals surface area (Å²) in [4.78, 5) is 32.6. The number of hydrogen-bond donors (Lipinski definition) is 1. The Hall–Kier alpha value is -4.17. The van der Waals surface area contributed by atoms with Crippen molar-refractivity contribution in [2.24, 2.45) is 0 Å². The maximum absolute atomic E-state index is 13.3. The number of amides is 1. The molecule has 176 valence electrons. The number of carbonyl (C=O) groups is 1. The molecule has 0 unspecified atom stereocenters. The van der Waals surface area contributed by atoms with E-state index >= 15 is 0 Å². The van der Waals surface area contributed by atoms with E-state index in [-0.39, 0.29) is 34.5 Å². The molecule has 0 spiro atoms. The monoisotopic (exact) mass is 470 g/mol. The molecule has 1 fully saturated rings. The molecule has 8 nitrogen and oxygen atoms in total. The van der Waals surface area contributed by atoms with E-state index in [1.165, 1.54) is 12.1 Å². The van der Waals surface area contributed by atoms with Gasteiger partial charge in [-0.3, -0.25) is 9.59 Å². The van der Waals surface area contributed by atoms with Crippen LogP contribution in [0.4, 0.5) is 0 Å². The van der Waals surface area contributed by atoms with Crippen molar-refractivity contribution in [2.75, 3.05) is 26.3 Å². The average Bonchev–Trinajstić information content (AvgIpc) is 2.89. The number of phenolic OH excluding ortho intramolecular Hbond substituents is 1. The fraction of sp³-hybridized carbons (Fsp3) is 0.222. The van der Waals surface area contributed by atoms with Crippen LogP contribution >= 0.6 is 0 Å². The maximum Gasteiger partial charge on any atom is 0.223 e. The number of fused-ring (bicyclic) bond motifs is 4. The molecule has 2 aromatic carbocycles. The van der Waals surface area contributed by atoms with Crippen LogP contribution in [0.2, 0.25) is 0 Å². The number of ether oxygens (including phenoxy) is 2. The number of benzene rings is 2. The number of rotatable bonds is 3. The van der Waals surface area contributed by atoms with Gasteiger partial charge >= 0.3 is 0 Å². The summed E-state index contributed by atoms with van der Waals surface area (Å²) in [6, 6.07) is 15.7. The molecule has 1 saturated heterocycles. The Morgan fingerprint density at radius 1 is 1.09 bits per heavy atom. The molecule has 35 heavy (non-hydrogen) atoms. The van der Waals surface area contributed by atoms with Gasteiger partial charge in [-0.05, 0) is 6.07 Å². The van der Waals surface area contributed by atoms with E-state index < -0.39 is 5.92 Å². The highest BCUT2D eigenvalue weighted by Gasteiger charge is 2.35. The van der Waals surface area contributed by atoms with Gasteiger partial charge in [0.15, 0.2) is 5.43 Å². The van der Waals surface area contributed by atoms with Crippen molar-refractivity contribution in [2.45, 2.75) is 12.3 Å². The Morgan fingerprint density at radius 3 is 2.69 bits per heavy atom. The van der Waals surface area contributed by atoms with Gasteiger partial charge in [0.1, 0.15) is 28.2 Å². The topological polar surface area (TPSA) is 102 Å². The van der Waals surface area contributed by atoms with Gasteiger partial charge in [-0.2, -0.15) is 0 Å². The van der Waals surface area contributed by atoms with Crippen molar-refractivity contribution in [3.63, 3.8) is 0 Å². The second-order valence-electron chi connectivity index (χ2n) is 8.60. The minimum Gasteiger partial charge on any atom is -0.507 e. The predicted octanol–water partition coefficient (Wildman–Crippen LogP) is 4.05. The molecule has 0 bridgehead atoms. The van der Waals surface area contributed by atoms with Gasteiger partial charge in [0, 0.05) is 60.4 Å². The van der Waals surface area contributed by atoms with E-state index in [2.05, 4.69) is 4.98 Å². The number of aromatic nitrogens is 1. The van der Waals surface area contributed by atoms with E-state index in [1.807, 2.05) is 36.4 Å². The molecule has 0 radical (unpaired) electrons. The SMILES string of the molecule is O=C(C[C@H]1c2cccnc2Oc2cc(O)c3c(=O)cc(-c4ccccc4)oc3c21)N1CCOCC1. The maximum atomic E-state index is 13.3. The highest BCUT2D eigenvalue weighted by Crippen LogP contribution is 2.49. The van der Waals surface area contributed by atoms with Crippen LogP contribution in [-0.2, 0) is 9.53 Å². The Bertz CT molecular complexity index is 1490. The zero-order valence-corrected chi connectivity index (χ0v) is 18.8. The summed E-state index contributed by atoms with van der Waals surface area (Å²) in [6.07, 6.45) is 1.74. The smallest absolute Gasteiger partial charge is 0.223 e. The van der Waals surface area contributed by atoms with Gasteiger partial charge in [-0.1, -0.05) is 36.4 Å². The van der Waals surface area contributed by atoms with Gasteiger partial charge in [0.25, 0.3) is 0 Å². The normalized spacial score (nSPS) is 16.9. The molecule has 2 aromatic heterocycles. The van der Waals surface area contributed by atoms with Gasteiger partial charge in [0.2, 0.25) is 11.8 Å². The predicted molar refractivity (Wildman–Crippen MR) is 128 cm³/mol. The van der Waals surface area contributed by atoms with Gasteiger partial charge in [0.05, 0.1) is 13.2 Å². The number of morpholine rings is 1. The molecule has 1 N–H and O–H groups in total. The minimum absolute atomic E-state index is 0.0382. The molecule has 4 heterocycles. The van der Waals surface area contributed by atoms with Crippen LogP contribution in [-0.4, -0.2) is 47.2 Å². The lowest BCUT2D eigenvalue weighted by molar-refractivity contribution is -0.135. The summed E-state index contributed by atoms with van der Waals surface area (Å²) in [5.41, 5.74) is 1.83. The lowest BCUT2D eigenvalue weighted by Gasteiger charge is -2.31. The molecular formula is C27H22N2O6. The van der Waals surface area contributed by atoms with Crippen molar-refractivity contribution in [1.29, 1.82) is 0 Å². The number of phenols is 1. The first kappa shape index (κ1) is 21.4. The first-order chi connectivity index (χ1) is 17.1. The summed E-state index contributed by atoms with van der Waals surface area (Å²) in [5, 5.41) is 10.8. The first-order valence-corrected chi connectivity index (χ1v) is 11.5. The van der Waals surface area contributed by atoms with Crippen LogP contribution in [0, 0.1) is 0 Å². The summed E-state index contributed by atoms with van der Waals surface area (Å²) >= 11 is 0. The summed E-state index contributed by atoms with van der Waals surface area (Å²) in [5.74, 6) is 0.282. The largest absolute Gasteiger partial charge is 0.507 e. The third kappa shape index (κ3) is 3.72. The number of hydrogen-bond acceptors (Lipinski definition) is 7. The second kappa shape index (κ2) is 8.56. The molecule has 6 rings (SSSR count). The Balaban J connectivity index is 1.56. The molecule has 1 amide bonds. The number of nitrogens with zero attached hydrogens (tertiary/aromatic N) is 2. The third-order valence-electron chi connectivity index (χ3n) is 6.51. The molecule has 8 heteroatoms. The first-order valence-electron chi connectivity index (χ1n) is 11.5. The van der Waals surface area contributed by atoms with Crippen LogP contribution in [0.3, 0.4) is 0 Å². The van der Waals surface area contributed by atoms with Gasteiger partial charge in [-0.25, -0.2) is 4.98 Å². The van der Waals surface area contributed by atoms with E-state index in [1.54, 1.807) is 17.2 Å². The number of aromatic hydroxyl groups is 1. The highest BCUT2D eigenvalue weighted by atomic mass is 16.5. The lowest BCUT2D eigenvalue weighted by atomic mass is 9.85. The molecule has 1 atom stereocenters. The summed E-state index contributed by atoms with van der Waals surface area (Å²) in [6.45, 7) is 2.05. The van der Waals surface area contributed by atoms with E-state index in [0.717, 1.165) is 11.1 Å². The molecular weight excluding hydrogens is 448 g/mol.